The first-order valence-corrected chi connectivity index (χ1v) is 11.0. The molecule has 1 aliphatic heterocycles. The number of hydrogen-bond donors (Lipinski definition) is 2. The van der Waals surface area contributed by atoms with Crippen molar-refractivity contribution in [3.05, 3.63) is 29.8 Å². The van der Waals surface area contributed by atoms with Crippen molar-refractivity contribution in [2.75, 3.05) is 43.5 Å². The molecule has 29 heavy (non-hydrogen) atoms. The number of hydrogen-bond acceptors (Lipinski definition) is 7. The number of nitrogens with zero attached hydrogens (tertiary/aromatic N) is 4. The molecule has 2 fully saturated rings. The summed E-state index contributed by atoms with van der Waals surface area (Å²) in [5.41, 5.74) is 1.26. The number of carbonyl (C=O) groups is 1. The summed E-state index contributed by atoms with van der Waals surface area (Å²) in [6.45, 7) is 4.62. The maximum atomic E-state index is 12.1. The molecule has 0 unspecified atom stereocenters. The van der Waals surface area contributed by atoms with Gasteiger partial charge in [-0.1, -0.05) is 36.3 Å². The molecule has 0 bridgehead atoms. The quantitative estimate of drug-likeness (QED) is 0.753. The van der Waals surface area contributed by atoms with E-state index in [9.17, 15) is 4.79 Å². The second-order valence-corrected chi connectivity index (χ2v) is 8.54. The van der Waals surface area contributed by atoms with Crippen LogP contribution in [0.4, 0.5) is 15.1 Å². The summed E-state index contributed by atoms with van der Waals surface area (Å²) in [6, 6.07) is 8.34. The third-order valence-corrected chi connectivity index (χ3v) is 6.41. The van der Waals surface area contributed by atoms with Crippen LogP contribution in [0.5, 0.6) is 5.75 Å². The number of ether oxygens (including phenoxy) is 1. The van der Waals surface area contributed by atoms with Crippen LogP contribution in [0.15, 0.2) is 24.3 Å². The largest absolute Gasteiger partial charge is 0.497 e. The van der Waals surface area contributed by atoms with Gasteiger partial charge in [0.25, 0.3) is 0 Å². The first-order valence-electron chi connectivity index (χ1n) is 10.2. The Labute approximate surface area is 175 Å². The zero-order valence-electron chi connectivity index (χ0n) is 16.8. The third-order valence-electron chi connectivity index (χ3n) is 5.51. The number of methoxy groups -OCH3 is 1. The zero-order chi connectivity index (χ0) is 20.1. The molecule has 2 heterocycles. The van der Waals surface area contributed by atoms with E-state index in [-0.39, 0.29) is 6.03 Å². The monoisotopic (exact) mass is 416 g/mol. The van der Waals surface area contributed by atoms with Gasteiger partial charge in [0, 0.05) is 38.8 Å². The molecule has 0 atom stereocenters. The number of rotatable bonds is 6. The number of piperazine rings is 1. The molecule has 8 nitrogen and oxygen atoms in total. The highest BCUT2D eigenvalue weighted by molar-refractivity contribution is 7.19. The lowest BCUT2D eigenvalue weighted by Crippen LogP contribution is -2.45. The smallest absolute Gasteiger partial charge is 0.321 e. The number of urea groups is 1. The summed E-state index contributed by atoms with van der Waals surface area (Å²) in [5.74, 6) is 0.895. The van der Waals surface area contributed by atoms with Gasteiger partial charge in [-0.25, -0.2) is 4.79 Å². The molecule has 4 rings (SSSR count). The van der Waals surface area contributed by atoms with Crippen molar-refractivity contribution in [2.24, 2.45) is 0 Å². The van der Waals surface area contributed by atoms with Crippen molar-refractivity contribution >= 4 is 27.6 Å². The van der Waals surface area contributed by atoms with Crippen LogP contribution in [0.1, 0.15) is 31.2 Å². The van der Waals surface area contributed by atoms with Gasteiger partial charge in [-0.05, 0) is 30.5 Å². The molecule has 1 saturated heterocycles. The fourth-order valence-electron chi connectivity index (χ4n) is 3.91. The molecular weight excluding hydrogens is 388 g/mol. The van der Waals surface area contributed by atoms with Crippen LogP contribution in [-0.4, -0.2) is 60.5 Å². The van der Waals surface area contributed by atoms with Gasteiger partial charge in [0.05, 0.1) is 7.11 Å². The fourth-order valence-corrected chi connectivity index (χ4v) is 4.70. The molecule has 9 heteroatoms. The standard InChI is InChI=1S/C20H28N6O2S/c1-28-17-8-4-5-15(13-17)14-25-9-11-26(12-10-25)20-24-23-19(29-20)22-18(27)21-16-6-2-3-7-16/h4-5,8,13,16H,2-3,6-7,9-12,14H2,1H3,(H2,21,22,23,27). The van der Waals surface area contributed by atoms with Gasteiger partial charge in [-0.3, -0.25) is 10.2 Å². The average Bonchev–Trinajstić information content (AvgIpc) is 3.41. The predicted octanol–water partition coefficient (Wildman–Crippen LogP) is 2.93. The number of benzene rings is 1. The first-order chi connectivity index (χ1) is 14.2. The van der Waals surface area contributed by atoms with Crippen molar-refractivity contribution < 1.29 is 9.53 Å². The second kappa shape index (κ2) is 9.41. The van der Waals surface area contributed by atoms with Crippen LogP contribution in [0, 0.1) is 0 Å². The molecule has 1 aromatic heterocycles. The molecule has 1 saturated carbocycles. The topological polar surface area (TPSA) is 82.6 Å². The maximum absolute atomic E-state index is 12.1. The van der Waals surface area contributed by atoms with E-state index in [0.29, 0.717) is 11.2 Å². The normalized spacial score (nSPS) is 18.0. The summed E-state index contributed by atoms with van der Waals surface area (Å²) < 4.78 is 5.31. The lowest BCUT2D eigenvalue weighted by atomic mass is 10.2. The zero-order valence-corrected chi connectivity index (χ0v) is 17.6. The highest BCUT2D eigenvalue weighted by Gasteiger charge is 2.22. The van der Waals surface area contributed by atoms with Crippen LogP contribution in [0.2, 0.25) is 0 Å². The van der Waals surface area contributed by atoms with E-state index in [0.717, 1.165) is 56.4 Å². The van der Waals surface area contributed by atoms with E-state index < -0.39 is 0 Å². The Morgan fingerprint density at radius 1 is 1.21 bits per heavy atom. The van der Waals surface area contributed by atoms with Crippen LogP contribution in [-0.2, 0) is 6.54 Å². The third kappa shape index (κ3) is 5.36. The van der Waals surface area contributed by atoms with Crippen LogP contribution in [0.25, 0.3) is 0 Å². The van der Waals surface area contributed by atoms with E-state index in [4.69, 9.17) is 4.74 Å². The Bertz CT molecular complexity index is 815. The number of carbonyl (C=O) groups excluding carboxylic acids is 1. The number of anilines is 2. The van der Waals surface area contributed by atoms with Gasteiger partial charge in [-0.15, -0.1) is 10.2 Å². The highest BCUT2D eigenvalue weighted by atomic mass is 32.1. The van der Waals surface area contributed by atoms with E-state index in [2.05, 4.69) is 42.8 Å². The second-order valence-electron chi connectivity index (χ2n) is 7.58. The molecule has 2 aromatic rings. The van der Waals surface area contributed by atoms with Gasteiger partial charge in [0.1, 0.15) is 5.75 Å². The first kappa shape index (κ1) is 19.9. The maximum Gasteiger partial charge on any atom is 0.321 e. The van der Waals surface area contributed by atoms with Crippen LogP contribution >= 0.6 is 11.3 Å². The highest BCUT2D eigenvalue weighted by Crippen LogP contribution is 2.26. The van der Waals surface area contributed by atoms with E-state index in [1.165, 1.54) is 29.7 Å². The Balaban J connectivity index is 1.25. The minimum absolute atomic E-state index is 0.178. The Kier molecular flexibility index (Phi) is 6.46. The summed E-state index contributed by atoms with van der Waals surface area (Å²) in [6.07, 6.45) is 4.51. The molecule has 1 aliphatic carbocycles. The van der Waals surface area contributed by atoms with Crippen LogP contribution in [0.3, 0.4) is 0 Å². The van der Waals surface area contributed by atoms with Gasteiger partial charge < -0.3 is 15.0 Å². The van der Waals surface area contributed by atoms with E-state index in [1.54, 1.807) is 7.11 Å². The molecular formula is C20H28N6O2S. The summed E-state index contributed by atoms with van der Waals surface area (Å²) in [4.78, 5) is 16.8. The number of amides is 2. The Morgan fingerprint density at radius 3 is 2.76 bits per heavy atom. The van der Waals surface area contributed by atoms with Gasteiger partial charge in [0.2, 0.25) is 10.3 Å². The summed E-state index contributed by atoms with van der Waals surface area (Å²) in [7, 11) is 1.70. The minimum atomic E-state index is -0.178. The summed E-state index contributed by atoms with van der Waals surface area (Å²) in [5, 5.41) is 15.7. The van der Waals surface area contributed by atoms with Crippen molar-refractivity contribution in [2.45, 2.75) is 38.3 Å². The lowest BCUT2D eigenvalue weighted by Gasteiger charge is -2.34. The Hall–Kier alpha value is -2.39. The number of nitrogens with one attached hydrogen (secondary N) is 2. The minimum Gasteiger partial charge on any atom is -0.497 e. The number of aromatic nitrogens is 2. The van der Waals surface area contributed by atoms with Crippen molar-refractivity contribution in [1.29, 1.82) is 0 Å². The SMILES string of the molecule is COc1cccc(CN2CCN(c3nnc(NC(=O)NC4CCCC4)s3)CC2)c1. The average molecular weight is 417 g/mol. The van der Waals surface area contributed by atoms with Crippen molar-refractivity contribution in [3.8, 4) is 5.75 Å². The van der Waals surface area contributed by atoms with Gasteiger partial charge in [-0.2, -0.15) is 0 Å². The fraction of sp³-hybridized carbons (Fsp3) is 0.550. The lowest BCUT2D eigenvalue weighted by molar-refractivity contribution is 0.248. The van der Waals surface area contributed by atoms with Gasteiger partial charge in [0.15, 0.2) is 0 Å². The predicted molar refractivity (Wildman–Crippen MR) is 115 cm³/mol. The molecule has 2 aliphatic rings. The molecule has 1 aromatic carbocycles. The molecule has 0 spiro atoms. The molecule has 0 radical (unpaired) electrons. The van der Waals surface area contributed by atoms with E-state index in [1.807, 2.05) is 12.1 Å². The summed E-state index contributed by atoms with van der Waals surface area (Å²) >= 11 is 1.43. The van der Waals surface area contributed by atoms with Crippen molar-refractivity contribution in [3.63, 3.8) is 0 Å². The molecule has 156 valence electrons. The van der Waals surface area contributed by atoms with E-state index >= 15 is 0 Å². The van der Waals surface area contributed by atoms with Crippen molar-refractivity contribution in [1.82, 2.24) is 20.4 Å². The molecule has 2 amide bonds. The van der Waals surface area contributed by atoms with Crippen LogP contribution < -0.4 is 20.3 Å². The Morgan fingerprint density at radius 2 is 2.00 bits per heavy atom. The molecule has 2 N–H and O–H groups in total. The van der Waals surface area contributed by atoms with Gasteiger partial charge >= 0.3 is 6.03 Å².